The summed E-state index contributed by atoms with van der Waals surface area (Å²) in [5.41, 5.74) is 2.96. The number of nitrogens with zero attached hydrogens (tertiary/aromatic N) is 3. The normalized spacial score (nSPS) is 16.2. The molecule has 1 aliphatic heterocycles. The molecule has 3 rings (SSSR count). The van der Waals surface area contributed by atoms with E-state index < -0.39 is 0 Å². The van der Waals surface area contributed by atoms with Crippen LogP contribution in [0.3, 0.4) is 0 Å². The SMILES string of the molecule is CN=C(NCCc1ncc(C)s1)NCC(C)N1CCc2ccccc2C1. The Labute approximate surface area is 160 Å². The van der Waals surface area contributed by atoms with Gasteiger partial charge in [-0.1, -0.05) is 24.3 Å². The topological polar surface area (TPSA) is 52.6 Å². The molecule has 0 saturated heterocycles. The van der Waals surface area contributed by atoms with Gasteiger partial charge >= 0.3 is 0 Å². The number of fused-ring (bicyclic) bond motifs is 1. The Morgan fingerprint density at radius 2 is 2.12 bits per heavy atom. The van der Waals surface area contributed by atoms with Crippen molar-refractivity contribution in [3.63, 3.8) is 0 Å². The van der Waals surface area contributed by atoms with Crippen LogP contribution in [-0.2, 0) is 19.4 Å². The summed E-state index contributed by atoms with van der Waals surface area (Å²) in [6.07, 6.45) is 4.00. The highest BCUT2D eigenvalue weighted by Crippen LogP contribution is 2.19. The van der Waals surface area contributed by atoms with Gasteiger partial charge in [-0.15, -0.1) is 11.3 Å². The molecule has 0 radical (unpaired) electrons. The van der Waals surface area contributed by atoms with E-state index in [4.69, 9.17) is 0 Å². The van der Waals surface area contributed by atoms with Crippen molar-refractivity contribution in [1.82, 2.24) is 20.5 Å². The third kappa shape index (κ3) is 5.05. The van der Waals surface area contributed by atoms with E-state index in [0.29, 0.717) is 6.04 Å². The van der Waals surface area contributed by atoms with Gasteiger partial charge in [0.1, 0.15) is 0 Å². The summed E-state index contributed by atoms with van der Waals surface area (Å²) in [5, 5.41) is 8.02. The highest BCUT2D eigenvalue weighted by Gasteiger charge is 2.20. The van der Waals surface area contributed by atoms with Crippen LogP contribution in [0, 0.1) is 6.92 Å². The largest absolute Gasteiger partial charge is 0.356 e. The van der Waals surface area contributed by atoms with Crippen molar-refractivity contribution in [2.45, 2.75) is 39.3 Å². The summed E-state index contributed by atoms with van der Waals surface area (Å²) in [7, 11) is 1.82. The number of aryl methyl sites for hydroxylation is 1. The average molecular weight is 372 g/mol. The Morgan fingerprint density at radius 3 is 2.85 bits per heavy atom. The molecule has 2 N–H and O–H groups in total. The van der Waals surface area contributed by atoms with Crippen LogP contribution < -0.4 is 10.6 Å². The van der Waals surface area contributed by atoms with Crippen LogP contribution in [-0.4, -0.2) is 48.6 Å². The summed E-state index contributed by atoms with van der Waals surface area (Å²) in [5.74, 6) is 0.863. The van der Waals surface area contributed by atoms with Gasteiger partial charge in [0, 0.05) is 56.8 Å². The van der Waals surface area contributed by atoms with Crippen LogP contribution in [0.15, 0.2) is 35.5 Å². The Bertz CT molecular complexity index is 739. The lowest BCUT2D eigenvalue weighted by atomic mass is 9.99. The molecule has 2 heterocycles. The molecule has 1 aliphatic rings. The minimum atomic E-state index is 0.462. The molecule has 0 saturated carbocycles. The number of nitrogens with one attached hydrogen (secondary N) is 2. The van der Waals surface area contributed by atoms with Gasteiger partial charge in [-0.25, -0.2) is 4.98 Å². The van der Waals surface area contributed by atoms with Gasteiger partial charge in [0.15, 0.2) is 5.96 Å². The molecule has 5 nitrogen and oxygen atoms in total. The van der Waals surface area contributed by atoms with Crippen molar-refractivity contribution in [2.75, 3.05) is 26.7 Å². The molecule has 0 fully saturated rings. The van der Waals surface area contributed by atoms with Gasteiger partial charge in [-0.2, -0.15) is 0 Å². The van der Waals surface area contributed by atoms with E-state index in [2.05, 4.69) is 63.6 Å². The minimum Gasteiger partial charge on any atom is -0.356 e. The van der Waals surface area contributed by atoms with E-state index in [0.717, 1.165) is 45.0 Å². The van der Waals surface area contributed by atoms with Gasteiger partial charge < -0.3 is 10.6 Å². The standard InChI is InChI=1S/C20H29N5S/c1-15(25-11-9-17-6-4-5-7-18(17)14-25)12-24-20(21-3)22-10-8-19-23-13-16(2)26-19/h4-7,13,15H,8-12,14H2,1-3H3,(H2,21,22,24). The maximum Gasteiger partial charge on any atom is 0.191 e. The van der Waals surface area contributed by atoms with Crippen molar-refractivity contribution < 1.29 is 0 Å². The lowest BCUT2D eigenvalue weighted by molar-refractivity contribution is 0.191. The van der Waals surface area contributed by atoms with E-state index in [1.807, 2.05) is 13.2 Å². The molecule has 2 aromatic rings. The second-order valence-electron chi connectivity index (χ2n) is 6.83. The fraction of sp³-hybridized carbons (Fsp3) is 0.500. The molecule has 1 aromatic heterocycles. The minimum absolute atomic E-state index is 0.462. The number of hydrogen-bond donors (Lipinski definition) is 2. The van der Waals surface area contributed by atoms with Crippen molar-refractivity contribution >= 4 is 17.3 Å². The zero-order chi connectivity index (χ0) is 18.4. The summed E-state index contributed by atoms with van der Waals surface area (Å²) < 4.78 is 0. The predicted octanol–water partition coefficient (Wildman–Crippen LogP) is 2.61. The van der Waals surface area contributed by atoms with E-state index in [1.54, 1.807) is 11.3 Å². The van der Waals surface area contributed by atoms with E-state index in [1.165, 1.54) is 21.0 Å². The number of guanidine groups is 1. The first-order valence-corrected chi connectivity index (χ1v) is 10.1. The van der Waals surface area contributed by atoms with E-state index >= 15 is 0 Å². The summed E-state index contributed by atoms with van der Waals surface area (Å²) in [4.78, 5) is 12.5. The molecule has 0 spiro atoms. The maximum atomic E-state index is 4.40. The van der Waals surface area contributed by atoms with Crippen molar-refractivity contribution in [1.29, 1.82) is 0 Å². The molecule has 26 heavy (non-hydrogen) atoms. The molecular formula is C20H29N5S. The number of benzene rings is 1. The van der Waals surface area contributed by atoms with Gasteiger partial charge in [0.05, 0.1) is 5.01 Å². The second kappa shape index (κ2) is 9.14. The van der Waals surface area contributed by atoms with Crippen LogP contribution in [0.1, 0.15) is 27.9 Å². The summed E-state index contributed by atoms with van der Waals surface area (Å²) in [6.45, 7) is 8.27. The molecule has 0 bridgehead atoms. The van der Waals surface area contributed by atoms with E-state index in [9.17, 15) is 0 Å². The van der Waals surface area contributed by atoms with Gasteiger partial charge in [0.25, 0.3) is 0 Å². The number of rotatable bonds is 6. The monoisotopic (exact) mass is 371 g/mol. The first kappa shape index (κ1) is 18.9. The number of aliphatic imine (C=N–C) groups is 1. The van der Waals surface area contributed by atoms with Gasteiger partial charge in [-0.05, 0) is 31.4 Å². The third-order valence-electron chi connectivity index (χ3n) is 4.87. The van der Waals surface area contributed by atoms with E-state index in [-0.39, 0.29) is 0 Å². The lowest BCUT2D eigenvalue weighted by Gasteiger charge is -2.34. The molecule has 6 heteroatoms. The molecule has 140 valence electrons. The highest BCUT2D eigenvalue weighted by molar-refractivity contribution is 7.11. The fourth-order valence-corrected chi connectivity index (χ4v) is 4.08. The molecule has 1 aromatic carbocycles. The molecule has 1 unspecified atom stereocenters. The second-order valence-corrected chi connectivity index (χ2v) is 8.15. The lowest BCUT2D eigenvalue weighted by Crippen LogP contribution is -2.47. The predicted molar refractivity (Wildman–Crippen MR) is 110 cm³/mol. The Morgan fingerprint density at radius 1 is 1.31 bits per heavy atom. The first-order valence-electron chi connectivity index (χ1n) is 9.32. The third-order valence-corrected chi connectivity index (χ3v) is 5.85. The molecule has 1 atom stereocenters. The smallest absolute Gasteiger partial charge is 0.191 e. The van der Waals surface area contributed by atoms with Crippen LogP contribution in [0.25, 0.3) is 0 Å². The Hall–Kier alpha value is -1.92. The molecule has 0 amide bonds. The van der Waals surface area contributed by atoms with Crippen LogP contribution in [0.4, 0.5) is 0 Å². The van der Waals surface area contributed by atoms with Crippen LogP contribution >= 0.6 is 11.3 Å². The zero-order valence-electron chi connectivity index (χ0n) is 16.0. The van der Waals surface area contributed by atoms with Crippen molar-refractivity contribution in [3.8, 4) is 0 Å². The summed E-state index contributed by atoms with van der Waals surface area (Å²) in [6, 6.07) is 9.25. The number of thiazole rings is 1. The number of aromatic nitrogens is 1. The quantitative estimate of drug-likeness (QED) is 0.605. The van der Waals surface area contributed by atoms with Crippen LogP contribution in [0.5, 0.6) is 0 Å². The van der Waals surface area contributed by atoms with Crippen molar-refractivity contribution in [2.24, 2.45) is 4.99 Å². The number of hydrogen-bond acceptors (Lipinski definition) is 4. The molecular weight excluding hydrogens is 342 g/mol. The maximum absolute atomic E-state index is 4.40. The Kier molecular flexibility index (Phi) is 6.63. The van der Waals surface area contributed by atoms with Gasteiger partial charge in [0.2, 0.25) is 0 Å². The first-order chi connectivity index (χ1) is 12.7. The zero-order valence-corrected chi connectivity index (χ0v) is 16.8. The summed E-state index contributed by atoms with van der Waals surface area (Å²) >= 11 is 1.76. The van der Waals surface area contributed by atoms with Crippen molar-refractivity contribution in [3.05, 3.63) is 51.5 Å². The molecule has 0 aliphatic carbocycles. The van der Waals surface area contributed by atoms with Gasteiger partial charge in [-0.3, -0.25) is 9.89 Å². The van der Waals surface area contributed by atoms with Crippen LogP contribution in [0.2, 0.25) is 0 Å². The highest BCUT2D eigenvalue weighted by atomic mass is 32.1. The average Bonchev–Trinajstić information content (AvgIpc) is 3.09. The Balaban J connectivity index is 1.42. The fourth-order valence-electron chi connectivity index (χ4n) is 3.29.